The molecular weight excluding hydrogens is 190 g/mol. The zero-order valence-electron chi connectivity index (χ0n) is 6.97. The van der Waals surface area contributed by atoms with Crippen LogP contribution >= 0.6 is 0 Å². The Hall–Kier alpha value is -1.91. The van der Waals surface area contributed by atoms with Crippen LogP contribution in [0.1, 0.15) is 5.76 Å². The average Bonchev–Trinajstić information content (AvgIpc) is 2.47. The number of halogens is 2. The smallest absolute Gasteiger partial charge is 0.169 e. The normalized spacial score (nSPS) is 10.7. The second-order valence-corrected chi connectivity index (χ2v) is 2.82. The van der Waals surface area contributed by atoms with Crippen LogP contribution in [-0.2, 0) is 0 Å². The summed E-state index contributed by atoms with van der Waals surface area (Å²) in [7, 11) is 0. The number of nitrogens with two attached hydrogens (primary N) is 1. The quantitative estimate of drug-likeness (QED) is 0.541. The SMILES string of the molecule is N=C(N)c1cc2c(F)cc(F)cc2o1. The van der Waals surface area contributed by atoms with Gasteiger partial charge in [-0.25, -0.2) is 8.78 Å². The lowest BCUT2D eigenvalue weighted by Gasteiger charge is -1.90. The number of amidine groups is 1. The van der Waals surface area contributed by atoms with E-state index >= 15 is 0 Å². The Morgan fingerprint density at radius 1 is 1.29 bits per heavy atom. The van der Waals surface area contributed by atoms with Crippen LogP contribution in [0.3, 0.4) is 0 Å². The summed E-state index contributed by atoms with van der Waals surface area (Å²) in [6.45, 7) is 0. The molecule has 0 saturated carbocycles. The topological polar surface area (TPSA) is 63.0 Å². The predicted molar refractivity (Wildman–Crippen MR) is 47.1 cm³/mol. The Morgan fingerprint density at radius 3 is 2.64 bits per heavy atom. The van der Waals surface area contributed by atoms with Crippen LogP contribution in [0, 0.1) is 17.0 Å². The third-order valence-corrected chi connectivity index (χ3v) is 1.82. The van der Waals surface area contributed by atoms with Crippen molar-refractivity contribution in [1.29, 1.82) is 5.41 Å². The van der Waals surface area contributed by atoms with Gasteiger partial charge in [0.1, 0.15) is 17.2 Å². The fourth-order valence-corrected chi connectivity index (χ4v) is 1.20. The monoisotopic (exact) mass is 196 g/mol. The molecule has 2 aromatic rings. The molecule has 0 radical (unpaired) electrons. The number of nitrogens with one attached hydrogen (secondary N) is 1. The molecule has 0 atom stereocenters. The molecule has 0 aliphatic rings. The van der Waals surface area contributed by atoms with Gasteiger partial charge in [-0.3, -0.25) is 5.41 Å². The molecule has 0 amide bonds. The lowest BCUT2D eigenvalue weighted by Crippen LogP contribution is -2.09. The Labute approximate surface area is 77.6 Å². The molecule has 0 spiro atoms. The summed E-state index contributed by atoms with van der Waals surface area (Å²) in [5, 5.41) is 7.18. The minimum absolute atomic E-state index is 0.0319. The number of nitrogen functional groups attached to an aromatic ring is 1. The molecule has 3 N–H and O–H groups in total. The van der Waals surface area contributed by atoms with E-state index in [2.05, 4.69) is 0 Å². The highest BCUT2D eigenvalue weighted by Crippen LogP contribution is 2.23. The Bertz CT molecular complexity index is 519. The molecule has 0 aliphatic carbocycles. The maximum Gasteiger partial charge on any atom is 0.169 e. The van der Waals surface area contributed by atoms with Crippen molar-refractivity contribution in [2.45, 2.75) is 0 Å². The van der Waals surface area contributed by atoms with E-state index in [9.17, 15) is 8.78 Å². The fraction of sp³-hybridized carbons (Fsp3) is 0. The number of hydrogen-bond acceptors (Lipinski definition) is 2. The van der Waals surface area contributed by atoms with Crippen LogP contribution < -0.4 is 5.73 Å². The highest BCUT2D eigenvalue weighted by atomic mass is 19.1. The summed E-state index contributed by atoms with van der Waals surface area (Å²) in [5.74, 6) is -1.73. The van der Waals surface area contributed by atoms with Crippen molar-refractivity contribution in [2.24, 2.45) is 5.73 Å². The van der Waals surface area contributed by atoms with Crippen molar-refractivity contribution in [2.75, 3.05) is 0 Å². The van der Waals surface area contributed by atoms with Gasteiger partial charge in [0.2, 0.25) is 0 Å². The molecule has 3 nitrogen and oxygen atoms in total. The molecule has 0 bridgehead atoms. The fourth-order valence-electron chi connectivity index (χ4n) is 1.20. The van der Waals surface area contributed by atoms with Crippen molar-refractivity contribution in [3.63, 3.8) is 0 Å². The van der Waals surface area contributed by atoms with Gasteiger partial charge >= 0.3 is 0 Å². The zero-order valence-corrected chi connectivity index (χ0v) is 6.97. The molecule has 0 saturated heterocycles. The molecule has 0 fully saturated rings. The standard InChI is InChI=1S/C9H6F2N2O/c10-4-1-6(11)5-3-8(9(12)13)14-7(5)2-4/h1-3H,(H3,12,13). The number of fused-ring (bicyclic) bond motifs is 1. The predicted octanol–water partition coefficient (Wildman–Crippen LogP) is 2.00. The number of rotatable bonds is 1. The van der Waals surface area contributed by atoms with E-state index in [1.807, 2.05) is 0 Å². The first-order valence-corrected chi connectivity index (χ1v) is 3.81. The van der Waals surface area contributed by atoms with Gasteiger partial charge in [-0.2, -0.15) is 0 Å². The Morgan fingerprint density at radius 2 is 2.00 bits per heavy atom. The van der Waals surface area contributed by atoms with Crippen molar-refractivity contribution >= 4 is 16.8 Å². The minimum Gasteiger partial charge on any atom is -0.453 e. The van der Waals surface area contributed by atoms with Crippen LogP contribution in [0.2, 0.25) is 0 Å². The second-order valence-electron chi connectivity index (χ2n) is 2.82. The van der Waals surface area contributed by atoms with E-state index < -0.39 is 11.6 Å². The maximum absolute atomic E-state index is 13.1. The summed E-state index contributed by atoms with van der Waals surface area (Å²) in [4.78, 5) is 0. The van der Waals surface area contributed by atoms with E-state index in [-0.39, 0.29) is 22.6 Å². The Kier molecular flexibility index (Phi) is 1.73. The van der Waals surface area contributed by atoms with Crippen LogP contribution in [0.15, 0.2) is 22.6 Å². The molecular formula is C9H6F2N2O. The van der Waals surface area contributed by atoms with Crippen LogP contribution in [0.5, 0.6) is 0 Å². The van der Waals surface area contributed by atoms with Crippen molar-refractivity contribution in [3.05, 3.63) is 35.6 Å². The number of furan rings is 1. The van der Waals surface area contributed by atoms with Gasteiger partial charge in [-0.15, -0.1) is 0 Å². The largest absolute Gasteiger partial charge is 0.453 e. The number of hydrogen-bond donors (Lipinski definition) is 2. The second kappa shape index (κ2) is 2.80. The van der Waals surface area contributed by atoms with Crippen molar-refractivity contribution in [1.82, 2.24) is 0 Å². The van der Waals surface area contributed by atoms with Crippen LogP contribution in [0.25, 0.3) is 11.0 Å². The lowest BCUT2D eigenvalue weighted by atomic mass is 10.2. The van der Waals surface area contributed by atoms with E-state index in [1.165, 1.54) is 6.07 Å². The highest BCUT2D eigenvalue weighted by Gasteiger charge is 2.11. The van der Waals surface area contributed by atoms with Crippen LogP contribution in [0.4, 0.5) is 8.78 Å². The first-order chi connectivity index (χ1) is 6.58. The molecule has 2 rings (SSSR count). The molecule has 5 heteroatoms. The first-order valence-electron chi connectivity index (χ1n) is 3.81. The molecule has 1 aromatic carbocycles. The van der Waals surface area contributed by atoms with Gasteiger partial charge in [-0.05, 0) is 6.07 Å². The summed E-state index contributed by atoms with van der Waals surface area (Å²) in [6, 6.07) is 3.07. The van der Waals surface area contributed by atoms with Crippen molar-refractivity contribution < 1.29 is 13.2 Å². The molecule has 1 heterocycles. The van der Waals surface area contributed by atoms with Gasteiger partial charge in [0.05, 0.1) is 5.39 Å². The summed E-state index contributed by atoms with van der Waals surface area (Å²) in [5.41, 5.74) is 5.19. The maximum atomic E-state index is 13.1. The molecule has 14 heavy (non-hydrogen) atoms. The van der Waals surface area contributed by atoms with E-state index in [4.69, 9.17) is 15.6 Å². The molecule has 0 aliphatic heterocycles. The summed E-state index contributed by atoms with van der Waals surface area (Å²) < 4.78 is 30.8. The third-order valence-electron chi connectivity index (χ3n) is 1.82. The van der Waals surface area contributed by atoms with E-state index in [0.29, 0.717) is 0 Å². The number of benzene rings is 1. The molecule has 0 unspecified atom stereocenters. The average molecular weight is 196 g/mol. The van der Waals surface area contributed by atoms with Gasteiger partial charge in [0.15, 0.2) is 11.6 Å². The third kappa shape index (κ3) is 1.22. The lowest BCUT2D eigenvalue weighted by molar-refractivity contribution is 0.573. The summed E-state index contributed by atoms with van der Waals surface area (Å²) >= 11 is 0. The Balaban J connectivity index is 2.76. The van der Waals surface area contributed by atoms with Crippen molar-refractivity contribution in [3.8, 4) is 0 Å². The zero-order chi connectivity index (χ0) is 10.3. The van der Waals surface area contributed by atoms with Crippen LogP contribution in [-0.4, -0.2) is 5.84 Å². The van der Waals surface area contributed by atoms with Gasteiger partial charge in [0, 0.05) is 12.1 Å². The van der Waals surface area contributed by atoms with E-state index in [0.717, 1.165) is 12.1 Å². The minimum atomic E-state index is -0.726. The highest BCUT2D eigenvalue weighted by molar-refractivity contribution is 5.96. The van der Waals surface area contributed by atoms with Gasteiger partial charge < -0.3 is 10.2 Å². The van der Waals surface area contributed by atoms with Gasteiger partial charge in [0.25, 0.3) is 0 Å². The summed E-state index contributed by atoms with van der Waals surface area (Å²) in [6.07, 6.45) is 0. The molecule has 72 valence electrons. The van der Waals surface area contributed by atoms with Gasteiger partial charge in [-0.1, -0.05) is 0 Å². The van der Waals surface area contributed by atoms with E-state index in [1.54, 1.807) is 0 Å². The molecule has 1 aromatic heterocycles. The first kappa shape index (κ1) is 8.68.